The predicted molar refractivity (Wildman–Crippen MR) is 68.3 cm³/mol. The van der Waals surface area contributed by atoms with Crippen molar-refractivity contribution in [2.45, 2.75) is 13.3 Å². The maximum absolute atomic E-state index is 11.2. The summed E-state index contributed by atoms with van der Waals surface area (Å²) in [5.41, 5.74) is 1.66. The second-order valence-corrected chi connectivity index (χ2v) is 3.81. The Morgan fingerprint density at radius 2 is 2.00 bits per heavy atom. The van der Waals surface area contributed by atoms with Gasteiger partial charge in [0, 0.05) is 17.3 Å². The standard InChI is InChI=1S/C14H15NO2/c1-2-9-17-12-6-3-5-11(10-12)13-7-4-8-14(16)15-13/h3-8,10H,2,9H2,1H3,(H,15,16). The molecule has 2 rings (SSSR count). The summed E-state index contributed by atoms with van der Waals surface area (Å²) in [4.78, 5) is 14.0. The fourth-order valence-electron chi connectivity index (χ4n) is 1.59. The number of aromatic nitrogens is 1. The van der Waals surface area contributed by atoms with Crippen molar-refractivity contribution in [3.8, 4) is 17.0 Å². The highest BCUT2D eigenvalue weighted by Crippen LogP contribution is 2.21. The third-order valence-electron chi connectivity index (χ3n) is 2.39. The molecular weight excluding hydrogens is 214 g/mol. The molecule has 3 nitrogen and oxygen atoms in total. The molecule has 0 saturated carbocycles. The Bertz CT molecular complexity index is 546. The second-order valence-electron chi connectivity index (χ2n) is 3.81. The van der Waals surface area contributed by atoms with Gasteiger partial charge in [-0.1, -0.05) is 25.1 Å². The normalized spacial score (nSPS) is 10.2. The summed E-state index contributed by atoms with van der Waals surface area (Å²) in [7, 11) is 0. The highest BCUT2D eigenvalue weighted by Gasteiger charge is 2.00. The van der Waals surface area contributed by atoms with Gasteiger partial charge in [-0.05, 0) is 24.6 Å². The van der Waals surface area contributed by atoms with Gasteiger partial charge in [0.2, 0.25) is 5.56 Å². The number of aromatic amines is 1. The second kappa shape index (κ2) is 5.34. The van der Waals surface area contributed by atoms with Crippen molar-refractivity contribution in [3.05, 3.63) is 52.8 Å². The number of rotatable bonds is 4. The summed E-state index contributed by atoms with van der Waals surface area (Å²) in [6.45, 7) is 2.77. The molecule has 0 saturated heterocycles. The first kappa shape index (κ1) is 11.5. The van der Waals surface area contributed by atoms with E-state index in [1.807, 2.05) is 30.3 Å². The van der Waals surface area contributed by atoms with Crippen LogP contribution in [-0.2, 0) is 0 Å². The molecule has 0 radical (unpaired) electrons. The molecular formula is C14H15NO2. The molecule has 1 aromatic heterocycles. The van der Waals surface area contributed by atoms with Gasteiger partial charge in [-0.15, -0.1) is 0 Å². The smallest absolute Gasteiger partial charge is 0.248 e. The molecule has 0 amide bonds. The lowest BCUT2D eigenvalue weighted by atomic mass is 10.1. The van der Waals surface area contributed by atoms with Crippen LogP contribution < -0.4 is 10.3 Å². The van der Waals surface area contributed by atoms with E-state index in [-0.39, 0.29) is 5.56 Å². The van der Waals surface area contributed by atoms with E-state index in [0.29, 0.717) is 6.61 Å². The molecule has 3 heteroatoms. The highest BCUT2D eigenvalue weighted by molar-refractivity contribution is 5.60. The quantitative estimate of drug-likeness (QED) is 0.875. The first-order valence-corrected chi connectivity index (χ1v) is 5.72. The number of nitrogens with one attached hydrogen (secondary N) is 1. The maximum Gasteiger partial charge on any atom is 0.248 e. The van der Waals surface area contributed by atoms with Gasteiger partial charge >= 0.3 is 0 Å². The van der Waals surface area contributed by atoms with E-state index in [4.69, 9.17) is 4.74 Å². The van der Waals surface area contributed by atoms with Gasteiger partial charge in [-0.2, -0.15) is 0 Å². The summed E-state index contributed by atoms with van der Waals surface area (Å²) >= 11 is 0. The van der Waals surface area contributed by atoms with Crippen LogP contribution in [0.1, 0.15) is 13.3 Å². The molecule has 1 aromatic carbocycles. The zero-order chi connectivity index (χ0) is 12.1. The van der Waals surface area contributed by atoms with Crippen molar-refractivity contribution < 1.29 is 4.74 Å². The average Bonchev–Trinajstić information content (AvgIpc) is 2.37. The van der Waals surface area contributed by atoms with Gasteiger partial charge in [-0.25, -0.2) is 0 Å². The summed E-state index contributed by atoms with van der Waals surface area (Å²) in [6, 6.07) is 12.8. The Hall–Kier alpha value is -2.03. The molecule has 0 spiro atoms. The minimum absolute atomic E-state index is 0.0950. The Morgan fingerprint density at radius 3 is 2.76 bits per heavy atom. The van der Waals surface area contributed by atoms with Crippen LogP contribution in [-0.4, -0.2) is 11.6 Å². The number of ether oxygens (including phenoxy) is 1. The summed E-state index contributed by atoms with van der Waals surface area (Å²) in [5, 5.41) is 0. The summed E-state index contributed by atoms with van der Waals surface area (Å²) in [5.74, 6) is 0.828. The minimum Gasteiger partial charge on any atom is -0.494 e. The predicted octanol–water partition coefficient (Wildman–Crippen LogP) is 2.83. The van der Waals surface area contributed by atoms with Gasteiger partial charge < -0.3 is 9.72 Å². The van der Waals surface area contributed by atoms with E-state index in [9.17, 15) is 4.79 Å². The van der Waals surface area contributed by atoms with Crippen molar-refractivity contribution in [2.24, 2.45) is 0 Å². The van der Waals surface area contributed by atoms with Gasteiger partial charge in [-0.3, -0.25) is 4.79 Å². The van der Waals surface area contributed by atoms with E-state index in [1.165, 1.54) is 6.07 Å². The van der Waals surface area contributed by atoms with E-state index >= 15 is 0 Å². The van der Waals surface area contributed by atoms with Crippen molar-refractivity contribution in [1.29, 1.82) is 0 Å². The Labute approximate surface area is 100 Å². The van der Waals surface area contributed by atoms with Crippen LogP contribution in [0.5, 0.6) is 5.75 Å². The maximum atomic E-state index is 11.2. The first-order chi connectivity index (χ1) is 8.29. The van der Waals surface area contributed by atoms with Gasteiger partial charge in [0.05, 0.1) is 6.61 Å². The molecule has 0 aliphatic carbocycles. The van der Waals surface area contributed by atoms with Crippen molar-refractivity contribution in [3.63, 3.8) is 0 Å². The van der Waals surface area contributed by atoms with Crippen LogP contribution >= 0.6 is 0 Å². The van der Waals surface area contributed by atoms with Crippen LogP contribution in [0.4, 0.5) is 0 Å². The molecule has 0 atom stereocenters. The minimum atomic E-state index is -0.0950. The number of hydrogen-bond acceptors (Lipinski definition) is 2. The molecule has 2 aromatic rings. The SMILES string of the molecule is CCCOc1cccc(-c2cccc(=O)[nH]2)c1. The third-order valence-corrected chi connectivity index (χ3v) is 2.39. The molecule has 0 aliphatic rings. The van der Waals surface area contributed by atoms with Crippen LogP contribution in [0.3, 0.4) is 0 Å². The largest absolute Gasteiger partial charge is 0.494 e. The molecule has 0 fully saturated rings. The van der Waals surface area contributed by atoms with E-state index < -0.39 is 0 Å². The highest BCUT2D eigenvalue weighted by atomic mass is 16.5. The lowest BCUT2D eigenvalue weighted by Gasteiger charge is -2.06. The molecule has 88 valence electrons. The number of H-pyrrole nitrogens is 1. The fourth-order valence-corrected chi connectivity index (χ4v) is 1.59. The summed E-state index contributed by atoms with van der Waals surface area (Å²) < 4.78 is 5.56. The molecule has 1 N–H and O–H groups in total. The van der Waals surface area contributed by atoms with Crippen LogP contribution in [0.2, 0.25) is 0 Å². The van der Waals surface area contributed by atoms with Crippen molar-refractivity contribution in [2.75, 3.05) is 6.61 Å². The molecule has 1 heterocycles. The topological polar surface area (TPSA) is 42.1 Å². The Morgan fingerprint density at radius 1 is 1.18 bits per heavy atom. The lowest BCUT2D eigenvalue weighted by Crippen LogP contribution is -2.03. The number of hydrogen-bond donors (Lipinski definition) is 1. The Balaban J connectivity index is 2.29. The lowest BCUT2D eigenvalue weighted by molar-refractivity contribution is 0.317. The van der Waals surface area contributed by atoms with Crippen LogP contribution in [0, 0.1) is 0 Å². The number of benzene rings is 1. The van der Waals surface area contributed by atoms with Gasteiger partial charge in [0.25, 0.3) is 0 Å². The van der Waals surface area contributed by atoms with E-state index in [0.717, 1.165) is 23.4 Å². The molecule has 0 aliphatic heterocycles. The zero-order valence-corrected chi connectivity index (χ0v) is 9.77. The zero-order valence-electron chi connectivity index (χ0n) is 9.77. The van der Waals surface area contributed by atoms with E-state index in [2.05, 4.69) is 11.9 Å². The van der Waals surface area contributed by atoms with Crippen molar-refractivity contribution >= 4 is 0 Å². The van der Waals surface area contributed by atoms with Crippen LogP contribution in [0.25, 0.3) is 11.3 Å². The number of pyridine rings is 1. The van der Waals surface area contributed by atoms with Crippen LogP contribution in [0.15, 0.2) is 47.3 Å². The molecule has 17 heavy (non-hydrogen) atoms. The monoisotopic (exact) mass is 229 g/mol. The molecule has 0 bridgehead atoms. The van der Waals surface area contributed by atoms with E-state index in [1.54, 1.807) is 6.07 Å². The molecule has 0 unspecified atom stereocenters. The van der Waals surface area contributed by atoms with Gasteiger partial charge in [0.15, 0.2) is 0 Å². The van der Waals surface area contributed by atoms with Crippen molar-refractivity contribution in [1.82, 2.24) is 4.98 Å². The average molecular weight is 229 g/mol. The first-order valence-electron chi connectivity index (χ1n) is 5.72. The Kier molecular flexibility index (Phi) is 3.60. The van der Waals surface area contributed by atoms with Gasteiger partial charge in [0.1, 0.15) is 5.75 Å². The summed E-state index contributed by atoms with van der Waals surface area (Å²) in [6.07, 6.45) is 0.979. The fraction of sp³-hybridized carbons (Fsp3) is 0.214. The third kappa shape index (κ3) is 2.97.